The number of rotatable bonds is 4. The minimum atomic E-state index is 0.256. The normalized spacial score (nSPS) is 15.7. The molecule has 1 rings (SSSR count). The van der Waals surface area contributed by atoms with Crippen LogP contribution in [-0.4, -0.2) is 15.8 Å². The quantitative estimate of drug-likeness (QED) is 0.761. The zero-order chi connectivity index (χ0) is 9.84. The monoisotopic (exact) mass is 181 g/mol. The Labute approximate surface area is 79.9 Å². The molecule has 0 fully saturated rings. The molecule has 0 radical (unpaired) electrons. The van der Waals surface area contributed by atoms with E-state index in [0.717, 1.165) is 18.5 Å². The summed E-state index contributed by atoms with van der Waals surface area (Å²) in [5.74, 6) is 0.551. The van der Waals surface area contributed by atoms with Crippen molar-refractivity contribution in [3.05, 3.63) is 18.0 Å². The molecule has 0 aliphatic carbocycles. The van der Waals surface area contributed by atoms with E-state index >= 15 is 0 Å². The molecular formula is C10H19N3. The van der Waals surface area contributed by atoms with Crippen molar-refractivity contribution < 1.29 is 0 Å². The molecule has 74 valence electrons. The molecule has 0 bridgehead atoms. The van der Waals surface area contributed by atoms with Gasteiger partial charge in [-0.3, -0.25) is 4.68 Å². The summed E-state index contributed by atoms with van der Waals surface area (Å²) in [6.07, 6.45) is 4.09. The number of aromatic nitrogens is 2. The number of hydrogen-bond donors (Lipinski definition) is 1. The predicted molar refractivity (Wildman–Crippen MR) is 54.3 cm³/mol. The maximum absolute atomic E-state index is 5.87. The van der Waals surface area contributed by atoms with Crippen LogP contribution in [-0.2, 0) is 13.5 Å². The summed E-state index contributed by atoms with van der Waals surface area (Å²) in [4.78, 5) is 0. The van der Waals surface area contributed by atoms with Crippen LogP contribution in [0.1, 0.15) is 26.0 Å². The van der Waals surface area contributed by atoms with Gasteiger partial charge in [-0.2, -0.15) is 5.10 Å². The fourth-order valence-corrected chi connectivity index (χ4v) is 1.54. The molecule has 0 aliphatic heterocycles. The van der Waals surface area contributed by atoms with Gasteiger partial charge in [0.15, 0.2) is 0 Å². The average molecular weight is 181 g/mol. The van der Waals surface area contributed by atoms with E-state index in [4.69, 9.17) is 5.73 Å². The van der Waals surface area contributed by atoms with Crippen molar-refractivity contribution >= 4 is 0 Å². The first-order valence-electron chi connectivity index (χ1n) is 4.87. The van der Waals surface area contributed by atoms with Gasteiger partial charge in [-0.1, -0.05) is 13.3 Å². The second-order valence-corrected chi connectivity index (χ2v) is 3.71. The zero-order valence-corrected chi connectivity index (χ0v) is 8.70. The summed E-state index contributed by atoms with van der Waals surface area (Å²) < 4.78 is 1.84. The lowest BCUT2D eigenvalue weighted by Crippen LogP contribution is -2.27. The van der Waals surface area contributed by atoms with E-state index in [2.05, 4.69) is 25.0 Å². The number of nitrogens with two attached hydrogens (primary N) is 1. The molecule has 0 aromatic carbocycles. The Morgan fingerprint density at radius 2 is 2.31 bits per heavy atom. The van der Waals surface area contributed by atoms with Crippen LogP contribution in [0, 0.1) is 5.92 Å². The van der Waals surface area contributed by atoms with E-state index in [9.17, 15) is 0 Å². The summed E-state index contributed by atoms with van der Waals surface area (Å²) in [6, 6.07) is 2.32. The minimum Gasteiger partial charge on any atom is -0.328 e. The van der Waals surface area contributed by atoms with Crippen LogP contribution in [0.25, 0.3) is 0 Å². The molecule has 0 amide bonds. The molecule has 0 spiro atoms. The second kappa shape index (κ2) is 4.42. The predicted octanol–water partition coefficient (Wildman–Crippen LogP) is 1.34. The molecule has 1 aromatic rings. The first kappa shape index (κ1) is 10.3. The highest BCUT2D eigenvalue weighted by molar-refractivity contribution is 5.00. The van der Waals surface area contributed by atoms with Crippen molar-refractivity contribution in [2.45, 2.75) is 32.7 Å². The minimum absolute atomic E-state index is 0.256. The maximum Gasteiger partial charge on any atom is 0.0627 e. The Hall–Kier alpha value is -0.830. The van der Waals surface area contributed by atoms with Gasteiger partial charge in [0.25, 0.3) is 0 Å². The highest BCUT2D eigenvalue weighted by atomic mass is 15.2. The van der Waals surface area contributed by atoms with E-state index in [1.165, 1.54) is 0 Å². The lowest BCUT2D eigenvalue weighted by Gasteiger charge is -2.17. The fourth-order valence-electron chi connectivity index (χ4n) is 1.54. The van der Waals surface area contributed by atoms with Crippen molar-refractivity contribution in [1.82, 2.24) is 9.78 Å². The molecule has 2 unspecified atom stereocenters. The highest BCUT2D eigenvalue weighted by Crippen LogP contribution is 2.13. The van der Waals surface area contributed by atoms with E-state index in [-0.39, 0.29) is 6.04 Å². The fraction of sp³-hybridized carbons (Fsp3) is 0.700. The van der Waals surface area contributed by atoms with E-state index in [1.54, 1.807) is 0 Å². The molecule has 3 heteroatoms. The van der Waals surface area contributed by atoms with Crippen LogP contribution in [0.3, 0.4) is 0 Å². The summed E-state index contributed by atoms with van der Waals surface area (Å²) in [6.45, 7) is 4.24. The third kappa shape index (κ3) is 2.84. The summed E-state index contributed by atoms with van der Waals surface area (Å²) in [7, 11) is 1.94. The van der Waals surface area contributed by atoms with Crippen molar-refractivity contribution in [3.63, 3.8) is 0 Å². The molecule has 1 aromatic heterocycles. The van der Waals surface area contributed by atoms with Crippen LogP contribution in [0.4, 0.5) is 0 Å². The van der Waals surface area contributed by atoms with Gasteiger partial charge in [-0.05, 0) is 25.3 Å². The van der Waals surface area contributed by atoms with E-state index in [0.29, 0.717) is 5.92 Å². The van der Waals surface area contributed by atoms with Gasteiger partial charge in [0, 0.05) is 19.3 Å². The van der Waals surface area contributed by atoms with Gasteiger partial charge in [-0.15, -0.1) is 0 Å². The molecule has 2 atom stereocenters. The lowest BCUT2D eigenvalue weighted by molar-refractivity contribution is 0.422. The van der Waals surface area contributed by atoms with Gasteiger partial charge in [-0.25, -0.2) is 0 Å². The molecule has 2 N–H and O–H groups in total. The molecule has 0 saturated carbocycles. The topological polar surface area (TPSA) is 43.8 Å². The smallest absolute Gasteiger partial charge is 0.0627 e. The van der Waals surface area contributed by atoms with Crippen LogP contribution in [0.15, 0.2) is 12.3 Å². The molecule has 0 saturated heterocycles. The Morgan fingerprint density at radius 1 is 1.62 bits per heavy atom. The standard InChI is InChI=1S/C10H19N3/c1-4-9(8(2)11)7-10-5-6-13(3)12-10/h5-6,8-9H,4,7,11H2,1-3H3. The number of nitrogens with zero attached hydrogens (tertiary/aromatic N) is 2. The Balaban J connectivity index is 2.56. The SMILES string of the molecule is CCC(Cc1ccn(C)n1)C(C)N. The van der Waals surface area contributed by atoms with Crippen molar-refractivity contribution in [3.8, 4) is 0 Å². The molecular weight excluding hydrogens is 162 g/mol. The zero-order valence-electron chi connectivity index (χ0n) is 8.70. The molecule has 3 nitrogen and oxygen atoms in total. The van der Waals surface area contributed by atoms with Crippen molar-refractivity contribution in [2.24, 2.45) is 18.7 Å². The van der Waals surface area contributed by atoms with Crippen LogP contribution >= 0.6 is 0 Å². The Kier molecular flexibility index (Phi) is 3.48. The van der Waals surface area contributed by atoms with Gasteiger partial charge < -0.3 is 5.73 Å². The summed E-state index contributed by atoms with van der Waals surface area (Å²) >= 11 is 0. The number of hydrogen-bond acceptors (Lipinski definition) is 2. The van der Waals surface area contributed by atoms with Gasteiger partial charge in [0.05, 0.1) is 5.69 Å². The van der Waals surface area contributed by atoms with E-state index in [1.807, 2.05) is 17.9 Å². The Morgan fingerprint density at radius 3 is 2.69 bits per heavy atom. The highest BCUT2D eigenvalue weighted by Gasteiger charge is 2.13. The largest absolute Gasteiger partial charge is 0.328 e. The van der Waals surface area contributed by atoms with Gasteiger partial charge >= 0.3 is 0 Å². The number of aryl methyl sites for hydroxylation is 1. The molecule has 13 heavy (non-hydrogen) atoms. The third-order valence-electron chi connectivity index (χ3n) is 2.51. The summed E-state index contributed by atoms with van der Waals surface area (Å²) in [5.41, 5.74) is 7.01. The second-order valence-electron chi connectivity index (χ2n) is 3.71. The maximum atomic E-state index is 5.87. The molecule has 0 aliphatic rings. The summed E-state index contributed by atoms with van der Waals surface area (Å²) in [5, 5.41) is 4.34. The van der Waals surface area contributed by atoms with Crippen LogP contribution in [0.5, 0.6) is 0 Å². The average Bonchev–Trinajstić information content (AvgIpc) is 2.46. The first-order chi connectivity index (χ1) is 6.13. The van der Waals surface area contributed by atoms with Crippen LogP contribution in [0.2, 0.25) is 0 Å². The van der Waals surface area contributed by atoms with Crippen molar-refractivity contribution in [1.29, 1.82) is 0 Å². The first-order valence-corrected chi connectivity index (χ1v) is 4.87. The lowest BCUT2D eigenvalue weighted by atomic mass is 9.94. The van der Waals surface area contributed by atoms with E-state index < -0.39 is 0 Å². The van der Waals surface area contributed by atoms with Crippen molar-refractivity contribution in [2.75, 3.05) is 0 Å². The van der Waals surface area contributed by atoms with Gasteiger partial charge in [0.1, 0.15) is 0 Å². The molecule has 1 heterocycles. The van der Waals surface area contributed by atoms with Crippen LogP contribution < -0.4 is 5.73 Å². The third-order valence-corrected chi connectivity index (χ3v) is 2.51. The Bertz CT molecular complexity index is 252. The van der Waals surface area contributed by atoms with Gasteiger partial charge in [0.2, 0.25) is 0 Å².